The quantitative estimate of drug-likeness (QED) is 0.691. The molecule has 1 aliphatic rings. The summed E-state index contributed by atoms with van der Waals surface area (Å²) in [7, 11) is 0. The van der Waals surface area contributed by atoms with E-state index in [0.29, 0.717) is 0 Å². The summed E-state index contributed by atoms with van der Waals surface area (Å²) >= 11 is 0. The van der Waals surface area contributed by atoms with E-state index in [0.717, 1.165) is 12.5 Å². The van der Waals surface area contributed by atoms with Gasteiger partial charge in [-0.2, -0.15) is 0 Å². The minimum atomic E-state index is 0.750. The van der Waals surface area contributed by atoms with Gasteiger partial charge in [0.25, 0.3) is 0 Å². The first kappa shape index (κ1) is 8.76. The van der Waals surface area contributed by atoms with Crippen molar-refractivity contribution in [1.29, 1.82) is 0 Å². The molecule has 0 radical (unpaired) electrons. The molecule has 0 spiro atoms. The molecule has 1 aliphatic heterocycles. The molecule has 1 saturated heterocycles. The lowest BCUT2D eigenvalue weighted by molar-refractivity contribution is 0.756. The van der Waals surface area contributed by atoms with E-state index in [-0.39, 0.29) is 0 Å². The average molecular weight is 175 g/mol. The first-order valence-electron chi connectivity index (χ1n) is 5.05. The van der Waals surface area contributed by atoms with Gasteiger partial charge in [-0.1, -0.05) is 23.8 Å². The van der Waals surface area contributed by atoms with Crippen molar-refractivity contribution in [3.05, 3.63) is 34.9 Å². The second-order valence-corrected chi connectivity index (χ2v) is 4.05. The number of rotatable bonds is 1. The molecule has 0 saturated carbocycles. The van der Waals surface area contributed by atoms with Gasteiger partial charge in [0.2, 0.25) is 0 Å². The van der Waals surface area contributed by atoms with Gasteiger partial charge in [-0.05, 0) is 43.9 Å². The summed E-state index contributed by atoms with van der Waals surface area (Å²) in [6.07, 6.45) is 1.30. The molecule has 1 N–H and O–H groups in total. The zero-order chi connectivity index (χ0) is 9.26. The summed E-state index contributed by atoms with van der Waals surface area (Å²) in [6.45, 7) is 6.72. The summed E-state index contributed by atoms with van der Waals surface area (Å²) in [5.41, 5.74) is 4.37. The fourth-order valence-corrected chi connectivity index (χ4v) is 2.12. The maximum absolute atomic E-state index is 3.42. The molecule has 1 aromatic carbocycles. The van der Waals surface area contributed by atoms with Gasteiger partial charge in [0, 0.05) is 6.54 Å². The van der Waals surface area contributed by atoms with Gasteiger partial charge in [-0.25, -0.2) is 0 Å². The second-order valence-electron chi connectivity index (χ2n) is 4.05. The van der Waals surface area contributed by atoms with Crippen molar-refractivity contribution in [3.63, 3.8) is 0 Å². The van der Waals surface area contributed by atoms with E-state index in [9.17, 15) is 0 Å². The monoisotopic (exact) mass is 175 g/mol. The third-order valence-electron chi connectivity index (χ3n) is 2.93. The minimum Gasteiger partial charge on any atom is -0.316 e. The SMILES string of the molecule is Cc1ccc(C)c([C@H]2CCNC2)c1. The fraction of sp³-hybridized carbons (Fsp3) is 0.500. The lowest BCUT2D eigenvalue weighted by Gasteiger charge is -2.12. The Kier molecular flexibility index (Phi) is 2.36. The van der Waals surface area contributed by atoms with Crippen LogP contribution in [0.25, 0.3) is 0 Å². The number of hydrogen-bond acceptors (Lipinski definition) is 1. The van der Waals surface area contributed by atoms with Crippen LogP contribution >= 0.6 is 0 Å². The highest BCUT2D eigenvalue weighted by Gasteiger charge is 2.17. The Morgan fingerprint density at radius 3 is 2.85 bits per heavy atom. The Morgan fingerprint density at radius 1 is 1.31 bits per heavy atom. The zero-order valence-electron chi connectivity index (χ0n) is 8.43. The zero-order valence-corrected chi connectivity index (χ0v) is 8.43. The first-order valence-corrected chi connectivity index (χ1v) is 5.05. The maximum atomic E-state index is 3.42. The molecule has 1 heterocycles. The highest BCUT2D eigenvalue weighted by Crippen LogP contribution is 2.25. The molecule has 70 valence electrons. The van der Waals surface area contributed by atoms with E-state index in [1.807, 2.05) is 0 Å². The molecule has 0 aliphatic carbocycles. The molecule has 1 nitrogen and oxygen atoms in total. The Bertz CT molecular complexity index is 298. The van der Waals surface area contributed by atoms with E-state index >= 15 is 0 Å². The van der Waals surface area contributed by atoms with E-state index in [1.165, 1.54) is 24.1 Å². The van der Waals surface area contributed by atoms with E-state index in [2.05, 4.69) is 37.4 Å². The van der Waals surface area contributed by atoms with Crippen molar-refractivity contribution in [2.75, 3.05) is 13.1 Å². The van der Waals surface area contributed by atoms with Gasteiger partial charge in [-0.15, -0.1) is 0 Å². The van der Waals surface area contributed by atoms with Gasteiger partial charge < -0.3 is 5.32 Å². The normalized spacial score (nSPS) is 22.2. The van der Waals surface area contributed by atoms with Crippen molar-refractivity contribution in [1.82, 2.24) is 5.32 Å². The smallest absolute Gasteiger partial charge is 0.00207 e. The lowest BCUT2D eigenvalue weighted by atomic mass is 9.93. The molecule has 1 aromatic rings. The van der Waals surface area contributed by atoms with Gasteiger partial charge in [0.05, 0.1) is 0 Å². The molecule has 0 bridgehead atoms. The van der Waals surface area contributed by atoms with E-state index < -0.39 is 0 Å². The van der Waals surface area contributed by atoms with Crippen LogP contribution in [0.2, 0.25) is 0 Å². The summed E-state index contributed by atoms with van der Waals surface area (Å²) < 4.78 is 0. The van der Waals surface area contributed by atoms with E-state index in [1.54, 1.807) is 5.56 Å². The van der Waals surface area contributed by atoms with Crippen molar-refractivity contribution in [2.45, 2.75) is 26.2 Å². The predicted octanol–water partition coefficient (Wildman–Crippen LogP) is 2.38. The van der Waals surface area contributed by atoms with Crippen LogP contribution in [0.4, 0.5) is 0 Å². The third kappa shape index (κ3) is 1.75. The number of hydrogen-bond donors (Lipinski definition) is 1. The van der Waals surface area contributed by atoms with Crippen LogP contribution in [0.5, 0.6) is 0 Å². The van der Waals surface area contributed by atoms with Crippen LogP contribution in [0.3, 0.4) is 0 Å². The largest absolute Gasteiger partial charge is 0.316 e. The second kappa shape index (κ2) is 3.51. The lowest BCUT2D eigenvalue weighted by Crippen LogP contribution is -2.08. The summed E-state index contributed by atoms with van der Waals surface area (Å²) in [5.74, 6) is 0.750. The van der Waals surface area contributed by atoms with Crippen LogP contribution in [0, 0.1) is 13.8 Å². The van der Waals surface area contributed by atoms with Crippen LogP contribution in [0.15, 0.2) is 18.2 Å². The summed E-state index contributed by atoms with van der Waals surface area (Å²) in [4.78, 5) is 0. The topological polar surface area (TPSA) is 12.0 Å². The Balaban J connectivity index is 2.32. The van der Waals surface area contributed by atoms with Crippen LogP contribution in [-0.2, 0) is 0 Å². The van der Waals surface area contributed by atoms with Crippen molar-refractivity contribution in [2.24, 2.45) is 0 Å². The molecular weight excluding hydrogens is 158 g/mol. The molecule has 0 aromatic heterocycles. The highest BCUT2D eigenvalue weighted by molar-refractivity contribution is 5.34. The molecule has 13 heavy (non-hydrogen) atoms. The first-order chi connectivity index (χ1) is 6.27. The number of benzene rings is 1. The number of aryl methyl sites for hydroxylation is 2. The van der Waals surface area contributed by atoms with Crippen molar-refractivity contribution >= 4 is 0 Å². The Labute approximate surface area is 80.2 Å². The Hall–Kier alpha value is -0.820. The van der Waals surface area contributed by atoms with Gasteiger partial charge in [-0.3, -0.25) is 0 Å². The maximum Gasteiger partial charge on any atom is 0.00207 e. The van der Waals surface area contributed by atoms with Crippen LogP contribution < -0.4 is 5.32 Å². The fourth-order valence-electron chi connectivity index (χ4n) is 2.12. The van der Waals surface area contributed by atoms with Crippen molar-refractivity contribution < 1.29 is 0 Å². The Morgan fingerprint density at radius 2 is 2.15 bits per heavy atom. The van der Waals surface area contributed by atoms with Crippen molar-refractivity contribution in [3.8, 4) is 0 Å². The molecule has 0 unspecified atom stereocenters. The number of nitrogens with one attached hydrogen (secondary N) is 1. The molecular formula is C12H17N. The summed E-state index contributed by atoms with van der Waals surface area (Å²) in [5, 5.41) is 3.42. The van der Waals surface area contributed by atoms with Crippen LogP contribution in [-0.4, -0.2) is 13.1 Å². The molecule has 1 fully saturated rings. The van der Waals surface area contributed by atoms with Gasteiger partial charge >= 0.3 is 0 Å². The van der Waals surface area contributed by atoms with Gasteiger partial charge in [0.1, 0.15) is 0 Å². The third-order valence-corrected chi connectivity index (χ3v) is 2.93. The predicted molar refractivity (Wildman–Crippen MR) is 56.1 cm³/mol. The van der Waals surface area contributed by atoms with E-state index in [4.69, 9.17) is 0 Å². The molecule has 1 atom stereocenters. The standard InChI is InChI=1S/C12H17N/c1-9-3-4-10(2)12(7-9)11-5-6-13-8-11/h3-4,7,11,13H,5-6,8H2,1-2H3/t11-/m0/s1. The minimum absolute atomic E-state index is 0.750. The molecule has 2 rings (SSSR count). The van der Waals surface area contributed by atoms with Crippen LogP contribution in [0.1, 0.15) is 29.0 Å². The van der Waals surface area contributed by atoms with Gasteiger partial charge in [0.15, 0.2) is 0 Å². The highest BCUT2D eigenvalue weighted by atomic mass is 14.9. The molecule has 0 amide bonds. The molecule has 1 heteroatoms. The summed E-state index contributed by atoms with van der Waals surface area (Å²) in [6, 6.07) is 6.78. The average Bonchev–Trinajstić information content (AvgIpc) is 2.61.